The molecule has 4 rings (SSSR count). The second-order valence-electron chi connectivity index (χ2n) is 6.65. The van der Waals surface area contributed by atoms with Crippen molar-refractivity contribution in [2.45, 2.75) is 38.3 Å². The molecule has 3 fully saturated rings. The van der Waals surface area contributed by atoms with Gasteiger partial charge in [-0.3, -0.25) is 0 Å². The Hall–Kier alpha value is -1.59. The molecule has 3 saturated carbocycles. The summed E-state index contributed by atoms with van der Waals surface area (Å²) in [6, 6.07) is 0.227. The molecule has 108 valence electrons. The van der Waals surface area contributed by atoms with Crippen LogP contribution in [0.25, 0.3) is 0 Å². The Morgan fingerprint density at radius 3 is 2.70 bits per heavy atom. The number of aryl methyl sites for hydroxylation is 1. The first-order valence-corrected chi connectivity index (χ1v) is 7.56. The van der Waals surface area contributed by atoms with Crippen LogP contribution in [0.5, 0.6) is 0 Å². The van der Waals surface area contributed by atoms with Gasteiger partial charge in [-0.2, -0.15) is 0 Å². The second-order valence-corrected chi connectivity index (χ2v) is 6.65. The van der Waals surface area contributed by atoms with E-state index in [1.54, 1.807) is 6.33 Å². The Bertz CT molecular complexity index is 525. The minimum Gasteiger partial charge on any atom is -0.335 e. The third-order valence-corrected chi connectivity index (χ3v) is 5.51. The van der Waals surface area contributed by atoms with Crippen LogP contribution in [0, 0.1) is 23.7 Å². The number of rotatable bonds is 3. The zero-order valence-electron chi connectivity index (χ0n) is 11.9. The van der Waals surface area contributed by atoms with E-state index in [4.69, 9.17) is 0 Å². The molecule has 5 atom stereocenters. The zero-order chi connectivity index (χ0) is 13.9. The van der Waals surface area contributed by atoms with Crippen LogP contribution in [-0.2, 0) is 7.05 Å². The van der Waals surface area contributed by atoms with E-state index in [-0.39, 0.29) is 12.1 Å². The van der Waals surface area contributed by atoms with Crippen molar-refractivity contribution < 1.29 is 4.79 Å². The van der Waals surface area contributed by atoms with Crippen LogP contribution in [0.15, 0.2) is 6.33 Å². The van der Waals surface area contributed by atoms with Crippen molar-refractivity contribution in [1.29, 1.82) is 0 Å². The molecule has 2 N–H and O–H groups in total. The first-order valence-electron chi connectivity index (χ1n) is 7.56. The number of carbonyl (C=O) groups excluding carboxylic acids is 1. The highest BCUT2D eigenvalue weighted by molar-refractivity contribution is 5.75. The molecule has 0 radical (unpaired) electrons. The van der Waals surface area contributed by atoms with Crippen molar-refractivity contribution >= 4 is 6.03 Å². The number of carbonyl (C=O) groups is 1. The van der Waals surface area contributed by atoms with Crippen LogP contribution < -0.4 is 10.6 Å². The second kappa shape index (κ2) is 4.20. The lowest BCUT2D eigenvalue weighted by Gasteiger charge is -2.15. The quantitative estimate of drug-likeness (QED) is 0.871. The molecule has 1 aromatic heterocycles. The Balaban J connectivity index is 1.33. The maximum atomic E-state index is 12.1. The molecule has 20 heavy (non-hydrogen) atoms. The maximum Gasteiger partial charge on any atom is 0.315 e. The van der Waals surface area contributed by atoms with Gasteiger partial charge in [0.2, 0.25) is 0 Å². The number of fused-ring (bicyclic) bond motifs is 5. The van der Waals surface area contributed by atoms with Gasteiger partial charge in [-0.1, -0.05) is 0 Å². The van der Waals surface area contributed by atoms with Gasteiger partial charge in [0.05, 0.1) is 6.04 Å². The summed E-state index contributed by atoms with van der Waals surface area (Å²) in [5, 5.41) is 14.0. The van der Waals surface area contributed by atoms with Crippen LogP contribution in [0.1, 0.15) is 38.1 Å². The minimum atomic E-state index is -0.127. The van der Waals surface area contributed by atoms with E-state index in [9.17, 15) is 4.79 Å². The first kappa shape index (κ1) is 12.2. The van der Waals surface area contributed by atoms with Crippen LogP contribution >= 0.6 is 0 Å². The summed E-state index contributed by atoms with van der Waals surface area (Å²) >= 11 is 0. The Morgan fingerprint density at radius 2 is 2.10 bits per heavy atom. The minimum absolute atomic E-state index is 0.0701. The van der Waals surface area contributed by atoms with Crippen molar-refractivity contribution in [2.24, 2.45) is 30.7 Å². The molecule has 0 aliphatic heterocycles. The molecule has 3 aliphatic carbocycles. The van der Waals surface area contributed by atoms with E-state index in [0.29, 0.717) is 6.04 Å². The summed E-state index contributed by atoms with van der Waals surface area (Å²) in [5.41, 5.74) is 0. The fourth-order valence-electron chi connectivity index (χ4n) is 4.66. The van der Waals surface area contributed by atoms with Crippen molar-refractivity contribution in [3.8, 4) is 0 Å². The summed E-state index contributed by atoms with van der Waals surface area (Å²) in [5.74, 6) is 4.07. The van der Waals surface area contributed by atoms with Crippen LogP contribution in [0.3, 0.4) is 0 Å². The highest BCUT2D eigenvalue weighted by Gasteiger charge is 2.65. The molecule has 6 heteroatoms. The molecule has 0 saturated heterocycles. The van der Waals surface area contributed by atoms with Gasteiger partial charge in [0, 0.05) is 13.1 Å². The average Bonchev–Trinajstić information content (AvgIpc) is 2.82. The number of nitrogens with zero attached hydrogens (tertiary/aromatic N) is 3. The Labute approximate surface area is 118 Å². The fraction of sp³-hybridized carbons (Fsp3) is 0.786. The predicted molar refractivity (Wildman–Crippen MR) is 72.7 cm³/mol. The molecule has 0 aromatic carbocycles. The molecule has 3 aliphatic rings. The molecule has 6 nitrogen and oxygen atoms in total. The zero-order valence-corrected chi connectivity index (χ0v) is 11.9. The number of hydrogen-bond donors (Lipinski definition) is 2. The summed E-state index contributed by atoms with van der Waals surface area (Å²) in [6.07, 6.45) is 5.81. The summed E-state index contributed by atoms with van der Waals surface area (Å²) < 4.78 is 1.83. The van der Waals surface area contributed by atoms with Gasteiger partial charge >= 0.3 is 6.03 Å². The third kappa shape index (κ3) is 1.73. The lowest BCUT2D eigenvalue weighted by atomic mass is 10.0. The Morgan fingerprint density at radius 1 is 1.40 bits per heavy atom. The maximum absolute atomic E-state index is 12.1. The lowest BCUT2D eigenvalue weighted by Crippen LogP contribution is -2.40. The van der Waals surface area contributed by atoms with Crippen molar-refractivity contribution in [1.82, 2.24) is 25.4 Å². The molecule has 2 amide bonds. The van der Waals surface area contributed by atoms with Gasteiger partial charge in [0.1, 0.15) is 6.33 Å². The Kier molecular flexibility index (Phi) is 2.56. The van der Waals surface area contributed by atoms with Crippen LogP contribution in [-0.4, -0.2) is 26.8 Å². The van der Waals surface area contributed by atoms with E-state index in [0.717, 1.165) is 29.5 Å². The van der Waals surface area contributed by atoms with Crippen molar-refractivity contribution in [3.05, 3.63) is 12.2 Å². The molecule has 1 aromatic rings. The van der Waals surface area contributed by atoms with Crippen molar-refractivity contribution in [2.75, 3.05) is 0 Å². The van der Waals surface area contributed by atoms with Crippen LogP contribution in [0.2, 0.25) is 0 Å². The molecule has 1 heterocycles. The van der Waals surface area contributed by atoms with Gasteiger partial charge in [-0.15, -0.1) is 10.2 Å². The third-order valence-electron chi connectivity index (χ3n) is 5.51. The lowest BCUT2D eigenvalue weighted by molar-refractivity contribution is 0.234. The standard InChI is InChI=1S/C14H21N5O/c1-7(13-18-15-6-19(13)2)16-14(20)17-12-10-8-3-4-9(5-8)11(10)12/h6-12H,3-5H2,1-2H3,(H2,16,17,20)/t7-,8-,9-,10+,11+/m0/s1. The number of hydrogen-bond acceptors (Lipinski definition) is 3. The van der Waals surface area contributed by atoms with Gasteiger partial charge < -0.3 is 15.2 Å². The number of nitrogens with one attached hydrogen (secondary N) is 2. The number of aromatic nitrogens is 3. The summed E-state index contributed by atoms with van der Waals surface area (Å²) in [6.45, 7) is 1.93. The molecule has 0 unspecified atom stereocenters. The topological polar surface area (TPSA) is 71.8 Å². The summed E-state index contributed by atoms with van der Waals surface area (Å²) in [4.78, 5) is 12.1. The van der Waals surface area contributed by atoms with Crippen molar-refractivity contribution in [3.63, 3.8) is 0 Å². The highest BCUT2D eigenvalue weighted by atomic mass is 16.2. The number of amides is 2. The van der Waals surface area contributed by atoms with E-state index in [1.807, 2.05) is 18.5 Å². The molecular formula is C14H21N5O. The smallest absolute Gasteiger partial charge is 0.315 e. The summed E-state index contributed by atoms with van der Waals surface area (Å²) in [7, 11) is 1.88. The molecule has 0 spiro atoms. The molecular weight excluding hydrogens is 254 g/mol. The monoisotopic (exact) mass is 275 g/mol. The van der Waals surface area contributed by atoms with E-state index >= 15 is 0 Å². The van der Waals surface area contributed by atoms with Gasteiger partial charge in [0.25, 0.3) is 0 Å². The largest absolute Gasteiger partial charge is 0.335 e. The molecule has 2 bridgehead atoms. The number of urea groups is 1. The van der Waals surface area contributed by atoms with E-state index in [2.05, 4.69) is 20.8 Å². The van der Waals surface area contributed by atoms with E-state index in [1.165, 1.54) is 19.3 Å². The van der Waals surface area contributed by atoms with Crippen LogP contribution in [0.4, 0.5) is 4.79 Å². The SMILES string of the molecule is C[C@H](NC(=O)NC1[C@@H]2[C@H]3CC[C@@H](C3)[C@@H]12)c1nncn1C. The normalized spacial score (nSPS) is 38.4. The van der Waals surface area contributed by atoms with Gasteiger partial charge in [-0.05, 0) is 49.9 Å². The van der Waals surface area contributed by atoms with Gasteiger partial charge in [-0.25, -0.2) is 4.79 Å². The highest BCUT2D eigenvalue weighted by Crippen LogP contribution is 2.65. The fourth-order valence-corrected chi connectivity index (χ4v) is 4.66. The first-order chi connectivity index (χ1) is 9.65. The average molecular weight is 275 g/mol. The predicted octanol–water partition coefficient (Wildman–Crippen LogP) is 1.22. The van der Waals surface area contributed by atoms with E-state index < -0.39 is 0 Å². The van der Waals surface area contributed by atoms with Gasteiger partial charge in [0.15, 0.2) is 5.82 Å².